The van der Waals surface area contributed by atoms with Crippen LogP contribution in [-0.2, 0) is 6.54 Å². The highest BCUT2D eigenvalue weighted by molar-refractivity contribution is 7.13. The average molecular weight is 338 g/mol. The van der Waals surface area contributed by atoms with Gasteiger partial charge in [-0.1, -0.05) is 35.1 Å². The molecule has 3 rings (SSSR count). The molecule has 1 aliphatic heterocycles. The van der Waals surface area contributed by atoms with E-state index >= 15 is 0 Å². The Labute approximate surface area is 137 Å². The Kier molecular flexibility index (Phi) is 4.73. The molecule has 0 saturated carbocycles. The molecule has 116 valence electrons. The molecule has 0 aliphatic carbocycles. The zero-order valence-corrected chi connectivity index (χ0v) is 13.4. The Morgan fingerprint density at radius 3 is 3.05 bits per heavy atom. The molecule has 1 unspecified atom stereocenters. The highest BCUT2D eigenvalue weighted by Gasteiger charge is 2.24. The van der Waals surface area contributed by atoms with Crippen LogP contribution in [0.25, 0.3) is 0 Å². The van der Waals surface area contributed by atoms with Gasteiger partial charge in [0, 0.05) is 48.7 Å². The van der Waals surface area contributed by atoms with Crippen LogP contribution in [0.4, 0.5) is 5.00 Å². The third-order valence-electron chi connectivity index (χ3n) is 3.79. The van der Waals surface area contributed by atoms with Crippen molar-refractivity contribution in [1.29, 1.82) is 0 Å². The summed E-state index contributed by atoms with van der Waals surface area (Å²) in [6.45, 7) is 3.39. The highest BCUT2D eigenvalue weighted by atomic mass is 35.5. The molecule has 22 heavy (non-hydrogen) atoms. The van der Waals surface area contributed by atoms with Gasteiger partial charge >= 0.3 is 5.00 Å². The molecule has 1 aliphatic rings. The lowest BCUT2D eigenvalue weighted by Crippen LogP contribution is -2.45. The van der Waals surface area contributed by atoms with E-state index in [4.69, 9.17) is 11.6 Å². The lowest BCUT2D eigenvalue weighted by Gasteiger charge is -2.36. The number of nitrogens with one attached hydrogen (secondary N) is 1. The molecular formula is C15H16ClN3O2S. The van der Waals surface area contributed by atoms with E-state index in [9.17, 15) is 10.1 Å². The van der Waals surface area contributed by atoms with Gasteiger partial charge in [0.05, 0.1) is 4.92 Å². The van der Waals surface area contributed by atoms with Gasteiger partial charge in [-0.05, 0) is 23.3 Å². The molecule has 1 aromatic heterocycles. The zero-order chi connectivity index (χ0) is 15.5. The number of nitro groups is 1. The largest absolute Gasteiger partial charge is 0.324 e. The molecule has 0 amide bonds. The molecule has 1 N–H and O–H groups in total. The number of benzene rings is 1. The molecule has 1 atom stereocenters. The summed E-state index contributed by atoms with van der Waals surface area (Å²) in [5.41, 5.74) is 2.16. The lowest BCUT2D eigenvalue weighted by atomic mass is 10.0. The Bertz CT molecular complexity index is 676. The van der Waals surface area contributed by atoms with Crippen LogP contribution in [0.3, 0.4) is 0 Å². The van der Waals surface area contributed by atoms with Gasteiger partial charge in [0.25, 0.3) is 0 Å². The Hall–Kier alpha value is -1.47. The maximum Gasteiger partial charge on any atom is 0.324 e. The smallest absolute Gasteiger partial charge is 0.314 e. The van der Waals surface area contributed by atoms with Crippen LogP contribution in [-0.4, -0.2) is 29.5 Å². The van der Waals surface area contributed by atoms with Crippen molar-refractivity contribution >= 4 is 27.9 Å². The second-order valence-electron chi connectivity index (χ2n) is 5.30. The van der Waals surface area contributed by atoms with Crippen molar-refractivity contribution in [2.24, 2.45) is 0 Å². The van der Waals surface area contributed by atoms with E-state index in [1.807, 2.05) is 23.6 Å². The molecule has 0 radical (unpaired) electrons. The Balaban J connectivity index is 1.78. The molecule has 7 heteroatoms. The van der Waals surface area contributed by atoms with Crippen molar-refractivity contribution in [3.63, 3.8) is 0 Å². The SMILES string of the molecule is O=[N+]([O-])c1cc(CN2CCNCC2c2cccc(Cl)c2)cs1. The highest BCUT2D eigenvalue weighted by Crippen LogP contribution is 2.29. The van der Waals surface area contributed by atoms with Crippen LogP contribution in [0.2, 0.25) is 5.02 Å². The van der Waals surface area contributed by atoms with Crippen LogP contribution in [0, 0.1) is 10.1 Å². The van der Waals surface area contributed by atoms with E-state index in [-0.39, 0.29) is 16.0 Å². The van der Waals surface area contributed by atoms with Crippen LogP contribution in [0.15, 0.2) is 35.7 Å². The van der Waals surface area contributed by atoms with Gasteiger partial charge in [0.1, 0.15) is 0 Å². The van der Waals surface area contributed by atoms with Gasteiger partial charge < -0.3 is 5.32 Å². The van der Waals surface area contributed by atoms with E-state index in [2.05, 4.69) is 16.3 Å². The van der Waals surface area contributed by atoms with Gasteiger partial charge in [0.15, 0.2) is 0 Å². The first-order chi connectivity index (χ1) is 10.6. The molecule has 1 saturated heterocycles. The summed E-state index contributed by atoms with van der Waals surface area (Å²) in [6, 6.07) is 9.79. The lowest BCUT2D eigenvalue weighted by molar-refractivity contribution is -0.380. The number of rotatable bonds is 4. The fourth-order valence-corrected chi connectivity index (χ4v) is 3.67. The summed E-state index contributed by atoms with van der Waals surface area (Å²) in [5.74, 6) is 0. The molecule has 1 fully saturated rings. The van der Waals surface area contributed by atoms with Crippen LogP contribution in [0.5, 0.6) is 0 Å². The van der Waals surface area contributed by atoms with Crippen molar-refractivity contribution < 1.29 is 4.92 Å². The van der Waals surface area contributed by atoms with Gasteiger partial charge in [-0.15, -0.1) is 0 Å². The minimum absolute atomic E-state index is 0.199. The number of hydrogen-bond donors (Lipinski definition) is 1. The number of halogens is 1. The first-order valence-electron chi connectivity index (χ1n) is 7.05. The van der Waals surface area contributed by atoms with Gasteiger partial charge in [-0.25, -0.2) is 0 Å². The summed E-state index contributed by atoms with van der Waals surface area (Å²) in [6.07, 6.45) is 0. The van der Waals surface area contributed by atoms with Crippen LogP contribution in [0.1, 0.15) is 17.2 Å². The molecule has 0 bridgehead atoms. The molecule has 0 spiro atoms. The maximum absolute atomic E-state index is 10.8. The molecule has 2 aromatic rings. The molecular weight excluding hydrogens is 322 g/mol. The van der Waals surface area contributed by atoms with Crippen LogP contribution < -0.4 is 5.32 Å². The van der Waals surface area contributed by atoms with E-state index in [0.29, 0.717) is 6.54 Å². The summed E-state index contributed by atoms with van der Waals surface area (Å²) in [5, 5.41) is 17.0. The summed E-state index contributed by atoms with van der Waals surface area (Å²) >= 11 is 7.28. The number of thiophene rings is 1. The standard InChI is InChI=1S/C15H16ClN3O2S/c16-13-3-1-2-12(7-13)14-8-17-4-5-18(14)9-11-6-15(19(20)21)22-10-11/h1-3,6-7,10,14,17H,4-5,8-9H2. The van der Waals surface area contributed by atoms with Gasteiger partial charge in [-0.3, -0.25) is 15.0 Å². The molecule has 2 heterocycles. The third-order valence-corrected chi connectivity index (χ3v) is 4.96. The zero-order valence-electron chi connectivity index (χ0n) is 11.9. The van der Waals surface area contributed by atoms with E-state index in [1.165, 1.54) is 16.9 Å². The number of piperazine rings is 1. The summed E-state index contributed by atoms with van der Waals surface area (Å²) < 4.78 is 0. The predicted molar refractivity (Wildman–Crippen MR) is 88.4 cm³/mol. The Morgan fingerprint density at radius 2 is 2.32 bits per heavy atom. The Morgan fingerprint density at radius 1 is 1.45 bits per heavy atom. The fourth-order valence-electron chi connectivity index (χ4n) is 2.75. The van der Waals surface area contributed by atoms with Gasteiger partial charge in [0.2, 0.25) is 0 Å². The summed E-state index contributed by atoms with van der Waals surface area (Å²) in [7, 11) is 0. The number of nitrogens with zero attached hydrogens (tertiary/aromatic N) is 2. The maximum atomic E-state index is 10.8. The number of hydrogen-bond acceptors (Lipinski definition) is 5. The molecule has 1 aromatic carbocycles. The normalized spacial score (nSPS) is 19.2. The van der Waals surface area contributed by atoms with Crippen molar-refractivity contribution in [1.82, 2.24) is 10.2 Å². The average Bonchev–Trinajstić information content (AvgIpc) is 2.97. The topological polar surface area (TPSA) is 58.4 Å². The summed E-state index contributed by atoms with van der Waals surface area (Å²) in [4.78, 5) is 12.8. The van der Waals surface area contributed by atoms with E-state index in [1.54, 1.807) is 6.07 Å². The third kappa shape index (κ3) is 3.47. The second kappa shape index (κ2) is 6.75. The first kappa shape index (κ1) is 15.4. The first-order valence-corrected chi connectivity index (χ1v) is 8.31. The van der Waals surface area contributed by atoms with Crippen LogP contribution >= 0.6 is 22.9 Å². The van der Waals surface area contributed by atoms with Gasteiger partial charge in [-0.2, -0.15) is 0 Å². The van der Waals surface area contributed by atoms with Crippen molar-refractivity contribution in [3.05, 3.63) is 62.0 Å². The van der Waals surface area contributed by atoms with Crippen molar-refractivity contribution in [2.45, 2.75) is 12.6 Å². The second-order valence-corrected chi connectivity index (χ2v) is 6.62. The fraction of sp³-hybridized carbons (Fsp3) is 0.333. The molecule has 5 nitrogen and oxygen atoms in total. The van der Waals surface area contributed by atoms with Crippen molar-refractivity contribution in [3.8, 4) is 0 Å². The van der Waals surface area contributed by atoms with Crippen molar-refractivity contribution in [2.75, 3.05) is 19.6 Å². The minimum Gasteiger partial charge on any atom is -0.314 e. The monoisotopic (exact) mass is 337 g/mol. The quantitative estimate of drug-likeness (QED) is 0.685. The van der Waals surface area contributed by atoms with E-state index < -0.39 is 0 Å². The van der Waals surface area contributed by atoms with E-state index in [0.717, 1.165) is 30.2 Å². The minimum atomic E-state index is -0.333. The predicted octanol–water partition coefficient (Wildman–Crippen LogP) is 3.46.